The fourth-order valence-corrected chi connectivity index (χ4v) is 1.91. The molecule has 0 atom stereocenters. The van der Waals surface area contributed by atoms with Gasteiger partial charge in [0.2, 0.25) is 5.91 Å². The molecule has 1 amide bonds. The average molecular weight is 279 g/mol. The van der Waals surface area contributed by atoms with Gasteiger partial charge in [-0.25, -0.2) is 0 Å². The topological polar surface area (TPSA) is 58.6 Å². The maximum Gasteiger partial charge on any atom is 0.220 e. The maximum absolute atomic E-state index is 11.8. The Morgan fingerprint density at radius 3 is 2.80 bits per heavy atom. The first-order valence-electron chi connectivity index (χ1n) is 7.04. The number of aliphatic hydroxyl groups is 1. The first kappa shape index (κ1) is 16.5. The summed E-state index contributed by atoms with van der Waals surface area (Å²) in [5.74, 6) is 0.835. The zero-order valence-electron chi connectivity index (χ0n) is 12.6. The zero-order valence-corrected chi connectivity index (χ0v) is 12.6. The predicted octanol–water partition coefficient (Wildman–Crippen LogP) is 2.43. The van der Waals surface area contributed by atoms with Gasteiger partial charge >= 0.3 is 0 Å². The molecule has 20 heavy (non-hydrogen) atoms. The molecule has 1 aromatic carbocycles. The monoisotopic (exact) mass is 279 g/mol. The minimum atomic E-state index is -0.358. The van der Waals surface area contributed by atoms with Gasteiger partial charge in [0, 0.05) is 18.6 Å². The summed E-state index contributed by atoms with van der Waals surface area (Å²) >= 11 is 0. The Morgan fingerprint density at radius 1 is 1.40 bits per heavy atom. The Kier molecular flexibility index (Phi) is 6.52. The first-order chi connectivity index (χ1) is 9.43. The molecule has 0 saturated heterocycles. The molecule has 4 nitrogen and oxygen atoms in total. The van der Waals surface area contributed by atoms with Crippen molar-refractivity contribution < 1.29 is 14.6 Å². The van der Waals surface area contributed by atoms with E-state index < -0.39 is 0 Å². The van der Waals surface area contributed by atoms with Crippen molar-refractivity contribution in [2.75, 3.05) is 13.2 Å². The number of carbonyl (C=O) groups is 1. The second-order valence-electron chi connectivity index (χ2n) is 5.67. The molecule has 0 spiro atoms. The molecule has 0 heterocycles. The van der Waals surface area contributed by atoms with Crippen molar-refractivity contribution in [1.29, 1.82) is 0 Å². The molecule has 0 aliphatic rings. The third kappa shape index (κ3) is 6.57. The third-order valence-electron chi connectivity index (χ3n) is 3.02. The highest BCUT2D eigenvalue weighted by Gasteiger charge is 2.19. The van der Waals surface area contributed by atoms with E-state index in [-0.39, 0.29) is 18.1 Å². The molecule has 1 aromatic rings. The summed E-state index contributed by atoms with van der Waals surface area (Å²) < 4.78 is 5.59. The summed E-state index contributed by atoms with van der Waals surface area (Å²) in [6.07, 6.45) is 1.66. The smallest absolute Gasteiger partial charge is 0.220 e. The van der Waals surface area contributed by atoms with Crippen molar-refractivity contribution >= 4 is 5.91 Å². The summed E-state index contributed by atoms with van der Waals surface area (Å²) in [4.78, 5) is 11.8. The van der Waals surface area contributed by atoms with Crippen LogP contribution in [0.5, 0.6) is 5.75 Å². The maximum atomic E-state index is 11.8. The lowest BCUT2D eigenvalue weighted by Crippen LogP contribution is -2.44. The van der Waals surface area contributed by atoms with Crippen LogP contribution in [0.1, 0.15) is 38.7 Å². The lowest BCUT2D eigenvalue weighted by atomic mass is 10.0. The number of hydrogen-bond donors (Lipinski definition) is 2. The minimum Gasteiger partial charge on any atom is -0.494 e. The molecule has 0 aromatic heterocycles. The Morgan fingerprint density at radius 2 is 2.15 bits per heavy atom. The van der Waals surface area contributed by atoms with Gasteiger partial charge < -0.3 is 15.2 Å². The standard InChI is InChI=1S/C16H25NO3/c1-13-6-4-7-14(12-13)20-11-5-8-15(19)17-16(2,3)9-10-18/h4,6-7,12,18H,5,8-11H2,1-3H3,(H,17,19). The number of aliphatic hydroxyl groups excluding tert-OH is 1. The molecule has 0 radical (unpaired) electrons. The lowest BCUT2D eigenvalue weighted by molar-refractivity contribution is -0.123. The van der Waals surface area contributed by atoms with Gasteiger partial charge in [0.1, 0.15) is 5.75 Å². The number of amides is 1. The van der Waals surface area contributed by atoms with Crippen LogP contribution >= 0.6 is 0 Å². The van der Waals surface area contributed by atoms with Crippen LogP contribution in [0.25, 0.3) is 0 Å². The van der Waals surface area contributed by atoms with Crippen molar-refractivity contribution in [2.45, 2.75) is 45.6 Å². The molecule has 0 saturated carbocycles. The Hall–Kier alpha value is -1.55. The van der Waals surface area contributed by atoms with Gasteiger partial charge in [-0.15, -0.1) is 0 Å². The summed E-state index contributed by atoms with van der Waals surface area (Å²) in [7, 11) is 0. The van der Waals surface area contributed by atoms with Crippen LogP contribution < -0.4 is 10.1 Å². The van der Waals surface area contributed by atoms with Crippen molar-refractivity contribution in [3.63, 3.8) is 0 Å². The van der Waals surface area contributed by atoms with Crippen molar-refractivity contribution in [3.8, 4) is 5.75 Å². The Labute approximate surface area is 121 Å². The first-order valence-corrected chi connectivity index (χ1v) is 7.04. The second-order valence-corrected chi connectivity index (χ2v) is 5.67. The van der Waals surface area contributed by atoms with E-state index in [0.29, 0.717) is 25.9 Å². The number of ether oxygens (including phenoxy) is 1. The minimum absolute atomic E-state index is 0.00343. The molecule has 112 valence electrons. The quantitative estimate of drug-likeness (QED) is 0.719. The molecule has 4 heteroatoms. The molecule has 2 N–H and O–H groups in total. The van der Waals surface area contributed by atoms with Gasteiger partial charge in [0.15, 0.2) is 0 Å². The van der Waals surface area contributed by atoms with Crippen LogP contribution in [0, 0.1) is 6.92 Å². The molecule has 0 unspecified atom stereocenters. The largest absolute Gasteiger partial charge is 0.494 e. The molecular weight excluding hydrogens is 254 g/mol. The number of hydrogen-bond acceptors (Lipinski definition) is 3. The Bertz CT molecular complexity index is 429. The van der Waals surface area contributed by atoms with E-state index in [1.807, 2.05) is 45.0 Å². The van der Waals surface area contributed by atoms with Crippen LogP contribution in [-0.2, 0) is 4.79 Å². The highest BCUT2D eigenvalue weighted by molar-refractivity contribution is 5.76. The van der Waals surface area contributed by atoms with Crippen LogP contribution in [0.2, 0.25) is 0 Å². The number of aryl methyl sites for hydroxylation is 1. The highest BCUT2D eigenvalue weighted by atomic mass is 16.5. The fraction of sp³-hybridized carbons (Fsp3) is 0.562. The van der Waals surface area contributed by atoms with Crippen LogP contribution in [0.15, 0.2) is 24.3 Å². The summed E-state index contributed by atoms with van der Waals surface area (Å²) in [5.41, 5.74) is 0.800. The van der Waals surface area contributed by atoms with Gasteiger partial charge in [-0.3, -0.25) is 4.79 Å². The molecular formula is C16H25NO3. The normalized spacial score (nSPS) is 11.2. The highest BCUT2D eigenvalue weighted by Crippen LogP contribution is 2.13. The van der Waals surface area contributed by atoms with Crippen molar-refractivity contribution in [1.82, 2.24) is 5.32 Å². The third-order valence-corrected chi connectivity index (χ3v) is 3.02. The molecule has 0 fully saturated rings. The zero-order chi connectivity index (χ0) is 15.0. The van der Waals surface area contributed by atoms with E-state index in [1.165, 1.54) is 0 Å². The molecule has 0 aliphatic carbocycles. The van der Waals surface area contributed by atoms with Crippen molar-refractivity contribution in [3.05, 3.63) is 29.8 Å². The second kappa shape index (κ2) is 7.90. The summed E-state index contributed by atoms with van der Waals surface area (Å²) in [5, 5.41) is 11.8. The van der Waals surface area contributed by atoms with Crippen LogP contribution in [-0.4, -0.2) is 29.8 Å². The lowest BCUT2D eigenvalue weighted by Gasteiger charge is -2.25. The van der Waals surface area contributed by atoms with Crippen LogP contribution in [0.3, 0.4) is 0 Å². The number of nitrogens with one attached hydrogen (secondary N) is 1. The molecule has 0 aliphatic heterocycles. The van der Waals surface area contributed by atoms with Gasteiger partial charge in [-0.05, 0) is 51.3 Å². The molecule has 1 rings (SSSR count). The number of carbonyl (C=O) groups excluding carboxylic acids is 1. The van der Waals surface area contributed by atoms with Crippen LogP contribution in [0.4, 0.5) is 0 Å². The van der Waals surface area contributed by atoms with E-state index in [9.17, 15) is 4.79 Å². The van der Waals surface area contributed by atoms with E-state index in [1.54, 1.807) is 0 Å². The average Bonchev–Trinajstić information content (AvgIpc) is 2.34. The number of benzene rings is 1. The summed E-state index contributed by atoms with van der Waals surface area (Å²) in [6, 6.07) is 7.86. The SMILES string of the molecule is Cc1cccc(OCCCC(=O)NC(C)(C)CCO)c1. The van der Waals surface area contributed by atoms with E-state index in [4.69, 9.17) is 9.84 Å². The van der Waals surface area contributed by atoms with E-state index in [0.717, 1.165) is 11.3 Å². The summed E-state index contributed by atoms with van der Waals surface area (Å²) in [6.45, 7) is 6.43. The Balaban J connectivity index is 2.22. The number of rotatable bonds is 8. The van der Waals surface area contributed by atoms with E-state index in [2.05, 4.69) is 5.32 Å². The van der Waals surface area contributed by atoms with Gasteiger partial charge in [-0.2, -0.15) is 0 Å². The van der Waals surface area contributed by atoms with Crippen molar-refractivity contribution in [2.24, 2.45) is 0 Å². The predicted molar refractivity (Wildman–Crippen MR) is 79.8 cm³/mol. The van der Waals surface area contributed by atoms with Gasteiger partial charge in [0.05, 0.1) is 6.61 Å². The molecule has 0 bridgehead atoms. The van der Waals surface area contributed by atoms with Gasteiger partial charge in [0.25, 0.3) is 0 Å². The van der Waals surface area contributed by atoms with E-state index >= 15 is 0 Å². The van der Waals surface area contributed by atoms with Gasteiger partial charge in [-0.1, -0.05) is 12.1 Å². The fourth-order valence-electron chi connectivity index (χ4n) is 1.91.